The van der Waals surface area contributed by atoms with Crippen molar-refractivity contribution in [3.05, 3.63) is 147 Å². The molecular weight excluding hydrogens is 856 g/mol. The van der Waals surface area contributed by atoms with Crippen molar-refractivity contribution in [3.8, 4) is 11.1 Å². The zero-order chi connectivity index (χ0) is 51.7. The molecule has 0 saturated heterocycles. The Morgan fingerprint density at radius 1 is 0.380 bits per heavy atom. The van der Waals surface area contributed by atoms with Crippen molar-refractivity contribution >= 4 is 57.2 Å². The lowest BCUT2D eigenvalue weighted by Gasteiger charge is -2.46. The normalized spacial score (nSPS) is 18.4. The van der Waals surface area contributed by atoms with Crippen LogP contribution in [0.1, 0.15) is 208 Å². The maximum Gasteiger partial charge on any atom is 0.252 e. The largest absolute Gasteiger partial charge is 0.311 e. The van der Waals surface area contributed by atoms with Crippen LogP contribution in [0.2, 0.25) is 0 Å². The molecule has 2 aliphatic heterocycles. The van der Waals surface area contributed by atoms with Gasteiger partial charge in [-0.05, 0) is 184 Å². The average molecular weight is 941 g/mol. The van der Waals surface area contributed by atoms with Crippen molar-refractivity contribution in [2.24, 2.45) is 0 Å². The summed E-state index contributed by atoms with van der Waals surface area (Å²) in [6.07, 6.45) is 3.50. The van der Waals surface area contributed by atoms with Gasteiger partial charge in [0.25, 0.3) is 6.71 Å². The molecule has 0 radical (unpaired) electrons. The summed E-state index contributed by atoms with van der Waals surface area (Å²) in [6.45, 7) is 50.6. The van der Waals surface area contributed by atoms with Crippen molar-refractivity contribution in [2.75, 3.05) is 9.80 Å². The van der Waals surface area contributed by atoms with Gasteiger partial charge >= 0.3 is 0 Å². The van der Waals surface area contributed by atoms with Crippen LogP contribution in [0, 0.1) is 6.92 Å². The van der Waals surface area contributed by atoms with Gasteiger partial charge in [-0.15, -0.1) is 0 Å². The summed E-state index contributed by atoms with van der Waals surface area (Å²) in [4.78, 5) is 5.45. The minimum absolute atomic E-state index is 0.0164. The maximum atomic E-state index is 2.75. The fourth-order valence-electron chi connectivity index (χ4n) is 13.4. The van der Waals surface area contributed by atoms with Crippen LogP contribution in [0.5, 0.6) is 0 Å². The van der Waals surface area contributed by atoms with Gasteiger partial charge in [-0.25, -0.2) is 0 Å². The van der Waals surface area contributed by atoms with Gasteiger partial charge in [0.15, 0.2) is 0 Å². The molecule has 0 bridgehead atoms. The van der Waals surface area contributed by atoms with Gasteiger partial charge in [0.05, 0.1) is 5.69 Å². The van der Waals surface area contributed by atoms with Crippen LogP contribution < -0.4 is 26.2 Å². The quantitative estimate of drug-likeness (QED) is 0.163. The summed E-state index contributed by atoms with van der Waals surface area (Å²) >= 11 is 0. The third-order valence-corrected chi connectivity index (χ3v) is 17.9. The fraction of sp³-hybridized carbons (Fsp3) is 0.471. The smallest absolute Gasteiger partial charge is 0.252 e. The monoisotopic (exact) mass is 941 g/mol. The van der Waals surface area contributed by atoms with Crippen molar-refractivity contribution in [2.45, 2.75) is 208 Å². The zero-order valence-corrected chi connectivity index (χ0v) is 47.8. The zero-order valence-electron chi connectivity index (χ0n) is 47.8. The second-order valence-electron chi connectivity index (χ2n) is 29.5. The number of fused-ring (bicyclic) bond motifs is 6. The fourth-order valence-corrected chi connectivity index (χ4v) is 13.4. The molecule has 71 heavy (non-hydrogen) atoms. The molecule has 2 heterocycles. The molecule has 2 aliphatic carbocycles. The molecule has 6 aromatic carbocycles. The van der Waals surface area contributed by atoms with Crippen LogP contribution >= 0.6 is 0 Å². The van der Waals surface area contributed by atoms with E-state index in [1.165, 1.54) is 125 Å². The van der Waals surface area contributed by atoms with E-state index in [1.54, 1.807) is 0 Å². The van der Waals surface area contributed by atoms with Gasteiger partial charge in [0.1, 0.15) is 0 Å². The topological polar surface area (TPSA) is 6.48 Å². The van der Waals surface area contributed by atoms with Gasteiger partial charge in [-0.2, -0.15) is 0 Å². The number of hydrogen-bond acceptors (Lipinski definition) is 2. The molecular formula is C68H85BN2. The predicted octanol–water partition coefficient (Wildman–Crippen LogP) is 17.2. The number of aryl methyl sites for hydroxylation is 1. The Hall–Kier alpha value is -5.02. The van der Waals surface area contributed by atoms with E-state index >= 15 is 0 Å². The number of benzene rings is 6. The Balaban J connectivity index is 1.38. The summed E-state index contributed by atoms with van der Waals surface area (Å²) in [5.41, 5.74) is 27.3. The van der Waals surface area contributed by atoms with Crippen LogP contribution in [0.3, 0.4) is 0 Å². The molecule has 0 fully saturated rings. The molecule has 0 atom stereocenters. The Labute approximate surface area is 431 Å². The summed E-state index contributed by atoms with van der Waals surface area (Å²) in [5.74, 6) is 0. The predicted molar refractivity (Wildman–Crippen MR) is 311 cm³/mol. The number of hydrogen-bond donors (Lipinski definition) is 0. The van der Waals surface area contributed by atoms with Crippen molar-refractivity contribution in [1.82, 2.24) is 0 Å². The molecule has 0 saturated carbocycles. The first-order valence-electron chi connectivity index (χ1n) is 27.1. The Morgan fingerprint density at radius 3 is 1.41 bits per heavy atom. The number of nitrogens with zero attached hydrogens (tertiary/aromatic N) is 2. The third-order valence-electron chi connectivity index (χ3n) is 17.9. The minimum atomic E-state index is -0.131. The van der Waals surface area contributed by atoms with Crippen LogP contribution in [-0.4, -0.2) is 6.71 Å². The van der Waals surface area contributed by atoms with Crippen LogP contribution in [0.15, 0.2) is 97.1 Å². The molecule has 370 valence electrons. The molecule has 4 aliphatic rings. The van der Waals surface area contributed by atoms with Gasteiger partial charge in [-0.1, -0.05) is 193 Å². The molecule has 6 aromatic rings. The molecule has 0 unspecified atom stereocenters. The summed E-state index contributed by atoms with van der Waals surface area (Å²) < 4.78 is 0. The van der Waals surface area contributed by atoms with E-state index in [0.29, 0.717) is 0 Å². The van der Waals surface area contributed by atoms with Crippen molar-refractivity contribution < 1.29 is 0 Å². The highest BCUT2D eigenvalue weighted by Gasteiger charge is 2.49. The first kappa shape index (κ1) is 49.6. The maximum absolute atomic E-state index is 2.75. The van der Waals surface area contributed by atoms with Crippen LogP contribution in [-0.2, 0) is 43.3 Å². The number of rotatable bonds is 3. The standard InChI is InChI=1S/C68H85BN2/c1-41-22-24-44(62(5,6)7)34-55(41)71-56-35-45(63(8,9)10)25-28-52(56)69-53-38-50-51(68(20,21)40-67(50,18)19)39-57(53)70(58-36-46(64(11,12)13)37-59(71)60(58)69)54-29-26-43(61(2,3)4)33-47(54)42-23-27-48-49(32-42)66(16,17)31-30-65(48,14)15/h22-29,32-39H,30-31,40H2,1-21H3. The van der Waals surface area contributed by atoms with Gasteiger partial charge in [0.2, 0.25) is 0 Å². The van der Waals surface area contributed by atoms with Crippen molar-refractivity contribution in [1.29, 1.82) is 0 Å². The van der Waals surface area contributed by atoms with E-state index in [9.17, 15) is 0 Å². The average Bonchev–Trinajstić information content (AvgIpc) is 3.44. The molecule has 2 nitrogen and oxygen atoms in total. The molecule has 0 amide bonds. The van der Waals surface area contributed by atoms with Crippen LogP contribution in [0.25, 0.3) is 11.1 Å². The minimum Gasteiger partial charge on any atom is -0.311 e. The van der Waals surface area contributed by atoms with Gasteiger partial charge in [-0.3, -0.25) is 0 Å². The van der Waals surface area contributed by atoms with E-state index < -0.39 is 0 Å². The van der Waals surface area contributed by atoms with E-state index in [2.05, 4.69) is 252 Å². The summed E-state index contributed by atoms with van der Waals surface area (Å²) in [6, 6.07) is 40.3. The summed E-state index contributed by atoms with van der Waals surface area (Å²) in [5, 5.41) is 0. The Kier molecular flexibility index (Phi) is 10.8. The highest BCUT2D eigenvalue weighted by atomic mass is 15.2. The van der Waals surface area contributed by atoms with Gasteiger partial charge in [0, 0.05) is 34.0 Å². The second kappa shape index (κ2) is 15.5. The number of anilines is 6. The Morgan fingerprint density at radius 2 is 0.831 bits per heavy atom. The lowest BCUT2D eigenvalue weighted by atomic mass is 9.33. The van der Waals surface area contributed by atoms with E-state index in [-0.39, 0.29) is 50.0 Å². The van der Waals surface area contributed by atoms with Crippen LogP contribution in [0.4, 0.5) is 34.1 Å². The second-order valence-corrected chi connectivity index (χ2v) is 29.5. The van der Waals surface area contributed by atoms with E-state index in [0.717, 1.165) is 6.42 Å². The third kappa shape index (κ3) is 7.96. The lowest BCUT2D eigenvalue weighted by Crippen LogP contribution is -2.62. The summed E-state index contributed by atoms with van der Waals surface area (Å²) in [7, 11) is 0. The molecule has 0 N–H and O–H groups in total. The molecule has 3 heteroatoms. The SMILES string of the molecule is Cc1ccc(C(C)(C)C)cc1N1c2cc(C(C)(C)C)ccc2B2c3cc4c(cc3N(c3ccc(C(C)(C)C)cc3-c3ccc5c(c3)C(C)(C)CCC5(C)C)c3cc(C(C)(C)C)cc1c32)C(C)(C)CC4(C)C. The lowest BCUT2D eigenvalue weighted by molar-refractivity contribution is 0.332. The van der Waals surface area contributed by atoms with Gasteiger partial charge < -0.3 is 9.80 Å². The molecule has 10 rings (SSSR count). The van der Waals surface area contributed by atoms with Crippen molar-refractivity contribution in [3.63, 3.8) is 0 Å². The molecule has 0 spiro atoms. The van der Waals surface area contributed by atoms with E-state index in [4.69, 9.17) is 0 Å². The first-order chi connectivity index (χ1) is 32.6. The Bertz CT molecular complexity index is 3180. The highest BCUT2D eigenvalue weighted by molar-refractivity contribution is 7.00. The first-order valence-corrected chi connectivity index (χ1v) is 27.1. The van der Waals surface area contributed by atoms with E-state index in [1.807, 2.05) is 0 Å². The molecule has 0 aromatic heterocycles. The highest BCUT2D eigenvalue weighted by Crippen LogP contribution is 2.55.